The first-order valence-electron chi connectivity index (χ1n) is 13.9. The van der Waals surface area contributed by atoms with Crippen LogP contribution in [0.15, 0.2) is 60.0 Å². The quantitative estimate of drug-likeness (QED) is 0.436. The highest BCUT2D eigenvalue weighted by Gasteiger charge is 2.22. The molecule has 0 spiro atoms. The van der Waals surface area contributed by atoms with Crippen LogP contribution in [0.4, 0.5) is 22.1 Å². The Morgan fingerprint density at radius 1 is 0.927 bits per heavy atom. The van der Waals surface area contributed by atoms with E-state index in [1.807, 2.05) is 29.2 Å². The van der Waals surface area contributed by atoms with E-state index in [-0.39, 0.29) is 17.5 Å². The molecule has 216 valence electrons. The molecule has 0 radical (unpaired) electrons. The van der Waals surface area contributed by atoms with E-state index in [2.05, 4.69) is 26.7 Å². The Balaban J connectivity index is 1.22. The van der Waals surface area contributed by atoms with E-state index < -0.39 is 0 Å². The molecule has 0 bridgehead atoms. The largest absolute Gasteiger partial charge is 0.368 e. The number of nitrogens with one attached hydrogen (secondary N) is 1. The molecular formula is C29H37N9O3. The molecule has 12 nitrogen and oxygen atoms in total. The molecule has 3 aromatic rings. The molecule has 2 aromatic heterocycles. The first kappa shape index (κ1) is 28.1. The summed E-state index contributed by atoms with van der Waals surface area (Å²) in [7, 11) is 3.55. The molecule has 4 heterocycles. The minimum Gasteiger partial charge on any atom is -0.368 e. The lowest BCUT2D eigenvalue weighted by Crippen LogP contribution is -2.51. The number of anilines is 3. The Bertz CT molecular complexity index is 1450. The van der Waals surface area contributed by atoms with E-state index in [9.17, 15) is 14.4 Å². The van der Waals surface area contributed by atoms with Crippen LogP contribution in [-0.4, -0.2) is 119 Å². The van der Waals surface area contributed by atoms with Crippen LogP contribution < -0.4 is 15.8 Å². The summed E-state index contributed by atoms with van der Waals surface area (Å²) in [6.07, 6.45) is 3.08. The van der Waals surface area contributed by atoms with Crippen LogP contribution in [0.25, 0.3) is 11.0 Å². The summed E-state index contributed by atoms with van der Waals surface area (Å²) < 4.78 is 1.69. The van der Waals surface area contributed by atoms with Gasteiger partial charge in [0.25, 0.3) is 5.56 Å². The van der Waals surface area contributed by atoms with Crippen molar-refractivity contribution in [3.8, 4) is 0 Å². The number of hydrogen-bond donors (Lipinski definition) is 1. The van der Waals surface area contributed by atoms with Crippen molar-refractivity contribution in [3.63, 3.8) is 0 Å². The molecule has 0 unspecified atom stereocenters. The number of piperazine rings is 2. The Hall–Kier alpha value is -4.45. The molecule has 2 aliphatic rings. The van der Waals surface area contributed by atoms with E-state index >= 15 is 0 Å². The zero-order chi connectivity index (χ0) is 28.9. The zero-order valence-electron chi connectivity index (χ0n) is 23.7. The van der Waals surface area contributed by atoms with Gasteiger partial charge in [-0.2, -0.15) is 4.98 Å². The van der Waals surface area contributed by atoms with Gasteiger partial charge in [-0.15, -0.1) is 0 Å². The van der Waals surface area contributed by atoms with Crippen LogP contribution in [0.1, 0.15) is 0 Å². The van der Waals surface area contributed by atoms with Crippen LogP contribution in [0.2, 0.25) is 0 Å². The second-order valence-electron chi connectivity index (χ2n) is 10.5. The molecular weight excluding hydrogens is 522 g/mol. The number of hydrogen-bond acceptors (Lipinski definition) is 8. The molecule has 2 fully saturated rings. The van der Waals surface area contributed by atoms with Gasteiger partial charge in [-0.25, -0.2) is 9.78 Å². The predicted octanol–water partition coefficient (Wildman–Crippen LogP) is 1.67. The van der Waals surface area contributed by atoms with E-state index in [0.29, 0.717) is 50.9 Å². The number of amides is 3. The fourth-order valence-electron chi connectivity index (χ4n) is 5.23. The minimum atomic E-state index is -0.112. The van der Waals surface area contributed by atoms with Gasteiger partial charge in [-0.05, 0) is 36.4 Å². The average Bonchev–Trinajstić information content (AvgIpc) is 3.00. The third-order valence-corrected chi connectivity index (χ3v) is 7.64. The molecule has 3 amide bonds. The summed E-state index contributed by atoms with van der Waals surface area (Å²) in [6, 6.07) is 11.4. The monoisotopic (exact) mass is 559 g/mol. The molecule has 2 saturated heterocycles. The SMILES string of the molecule is C=CC(=O)N1CCN(CCn2c(=O)ccc3cnc(Nc4ccc(N5CCN(C(=O)N(C)C)CC5)cc4)nc32)CC1. The van der Waals surface area contributed by atoms with E-state index in [1.54, 1.807) is 46.8 Å². The fraction of sp³-hybridized carbons (Fsp3) is 0.414. The number of aromatic nitrogens is 3. The van der Waals surface area contributed by atoms with Gasteiger partial charge < -0.3 is 24.9 Å². The maximum absolute atomic E-state index is 12.8. The third-order valence-electron chi connectivity index (χ3n) is 7.64. The number of benzene rings is 1. The van der Waals surface area contributed by atoms with Gasteiger partial charge in [0.15, 0.2) is 0 Å². The maximum atomic E-state index is 12.8. The highest BCUT2D eigenvalue weighted by Crippen LogP contribution is 2.22. The van der Waals surface area contributed by atoms with Crippen molar-refractivity contribution < 1.29 is 9.59 Å². The van der Waals surface area contributed by atoms with Crippen molar-refractivity contribution in [3.05, 3.63) is 65.6 Å². The Kier molecular flexibility index (Phi) is 8.48. The second kappa shape index (κ2) is 12.4. The Morgan fingerprint density at radius 2 is 1.61 bits per heavy atom. The van der Waals surface area contributed by atoms with Crippen LogP contribution in [-0.2, 0) is 11.3 Å². The van der Waals surface area contributed by atoms with E-state index in [4.69, 9.17) is 4.98 Å². The van der Waals surface area contributed by atoms with Crippen LogP contribution >= 0.6 is 0 Å². The normalized spacial score (nSPS) is 16.1. The topological polar surface area (TPSA) is 110 Å². The lowest BCUT2D eigenvalue weighted by molar-refractivity contribution is -0.127. The van der Waals surface area contributed by atoms with Crippen molar-refractivity contribution in [1.29, 1.82) is 0 Å². The lowest BCUT2D eigenvalue weighted by atomic mass is 10.2. The standard InChI is InChI=1S/C29H37N9O3/c1-4-25(39)36-14-11-34(12-15-36)13-20-38-26(40)10-5-22-21-30-28(32-27(22)38)31-23-6-8-24(9-7-23)35-16-18-37(19-17-35)29(41)33(2)3/h4-10,21H,1,11-20H2,2-3H3,(H,30,31,32). The van der Waals surface area contributed by atoms with Crippen molar-refractivity contribution >= 4 is 40.3 Å². The van der Waals surface area contributed by atoms with Crippen LogP contribution in [0.3, 0.4) is 0 Å². The average molecular weight is 560 g/mol. The Labute approximate surface area is 239 Å². The zero-order valence-corrected chi connectivity index (χ0v) is 23.7. The van der Waals surface area contributed by atoms with Gasteiger partial charge in [0.2, 0.25) is 11.9 Å². The van der Waals surface area contributed by atoms with Crippen molar-refractivity contribution in [2.75, 3.05) is 83.2 Å². The fourth-order valence-corrected chi connectivity index (χ4v) is 5.23. The highest BCUT2D eigenvalue weighted by atomic mass is 16.2. The van der Waals surface area contributed by atoms with E-state index in [0.717, 1.165) is 42.9 Å². The van der Waals surface area contributed by atoms with E-state index in [1.165, 1.54) is 6.08 Å². The summed E-state index contributed by atoms with van der Waals surface area (Å²) in [5.74, 6) is 0.370. The number of nitrogens with zero attached hydrogens (tertiary/aromatic N) is 8. The molecule has 5 rings (SSSR count). The van der Waals surface area contributed by atoms with Crippen LogP contribution in [0, 0.1) is 0 Å². The smallest absolute Gasteiger partial charge is 0.319 e. The molecule has 1 N–H and O–H groups in total. The minimum absolute atomic E-state index is 0.0440. The summed E-state index contributed by atoms with van der Waals surface area (Å²) in [5, 5.41) is 4.05. The van der Waals surface area contributed by atoms with Gasteiger partial charge >= 0.3 is 6.03 Å². The van der Waals surface area contributed by atoms with Gasteiger partial charge in [-0.3, -0.25) is 19.1 Å². The van der Waals surface area contributed by atoms with Crippen LogP contribution in [0.5, 0.6) is 0 Å². The second-order valence-corrected chi connectivity index (χ2v) is 10.5. The van der Waals surface area contributed by atoms with Crippen molar-refractivity contribution in [2.45, 2.75) is 6.54 Å². The van der Waals surface area contributed by atoms with Crippen molar-refractivity contribution in [1.82, 2.24) is 34.1 Å². The molecule has 2 aliphatic heterocycles. The molecule has 0 atom stereocenters. The van der Waals surface area contributed by atoms with Gasteiger partial charge in [0.05, 0.1) is 0 Å². The van der Waals surface area contributed by atoms with Gasteiger partial charge in [0.1, 0.15) is 5.65 Å². The summed E-state index contributed by atoms with van der Waals surface area (Å²) in [4.78, 5) is 55.8. The molecule has 12 heteroatoms. The molecule has 0 aliphatic carbocycles. The number of fused-ring (bicyclic) bond motifs is 1. The van der Waals surface area contributed by atoms with Gasteiger partial charge in [0, 0.05) is 109 Å². The van der Waals surface area contributed by atoms with Gasteiger partial charge in [-0.1, -0.05) is 6.58 Å². The Morgan fingerprint density at radius 3 is 2.27 bits per heavy atom. The number of carbonyl (C=O) groups is 2. The third kappa shape index (κ3) is 6.49. The number of urea groups is 1. The van der Waals surface area contributed by atoms with Crippen molar-refractivity contribution in [2.24, 2.45) is 0 Å². The summed E-state index contributed by atoms with van der Waals surface area (Å²) in [6.45, 7) is 10.5. The first-order valence-corrected chi connectivity index (χ1v) is 13.9. The maximum Gasteiger partial charge on any atom is 0.319 e. The molecule has 41 heavy (non-hydrogen) atoms. The predicted molar refractivity (Wildman–Crippen MR) is 160 cm³/mol. The number of rotatable bonds is 7. The number of pyridine rings is 1. The highest BCUT2D eigenvalue weighted by molar-refractivity contribution is 5.87. The summed E-state index contributed by atoms with van der Waals surface area (Å²) >= 11 is 0. The summed E-state index contributed by atoms with van der Waals surface area (Å²) in [5.41, 5.74) is 2.40. The first-order chi connectivity index (χ1) is 19.8. The molecule has 0 saturated carbocycles. The molecule has 1 aromatic carbocycles. The number of carbonyl (C=O) groups excluding carboxylic acids is 2. The lowest BCUT2D eigenvalue weighted by Gasteiger charge is -2.37.